The molecule has 0 saturated carbocycles. The Balaban J connectivity index is 2.24. The van der Waals surface area contributed by atoms with Crippen molar-refractivity contribution < 1.29 is 8.78 Å². The van der Waals surface area contributed by atoms with Gasteiger partial charge in [0.1, 0.15) is 41.1 Å². The van der Waals surface area contributed by atoms with Gasteiger partial charge >= 0.3 is 0 Å². The van der Waals surface area contributed by atoms with Crippen molar-refractivity contribution in [2.24, 2.45) is 0 Å². The van der Waals surface area contributed by atoms with Crippen LogP contribution in [0.4, 0.5) is 14.6 Å². The second-order valence-electron chi connectivity index (χ2n) is 4.32. The third-order valence-corrected chi connectivity index (χ3v) is 3.00. The minimum atomic E-state index is -0.830. The third-order valence-electron chi connectivity index (χ3n) is 3.00. The number of nitrogens with two attached hydrogens (primary N) is 1. The maximum atomic E-state index is 13.9. The highest BCUT2D eigenvalue weighted by atomic mass is 19.1. The van der Waals surface area contributed by atoms with Crippen molar-refractivity contribution in [3.63, 3.8) is 0 Å². The van der Waals surface area contributed by atoms with E-state index >= 15 is 0 Å². The van der Waals surface area contributed by atoms with Crippen LogP contribution in [0.15, 0.2) is 36.8 Å². The van der Waals surface area contributed by atoms with Crippen LogP contribution in [-0.2, 0) is 0 Å². The van der Waals surface area contributed by atoms with E-state index in [1.807, 2.05) is 6.07 Å². The first-order valence-corrected chi connectivity index (χ1v) is 6.12. The van der Waals surface area contributed by atoms with E-state index in [0.717, 1.165) is 12.1 Å². The predicted molar refractivity (Wildman–Crippen MR) is 73.6 cm³/mol. The van der Waals surface area contributed by atoms with Crippen LogP contribution in [0.5, 0.6) is 0 Å². The Kier molecular flexibility index (Phi) is 3.23. The van der Waals surface area contributed by atoms with E-state index in [2.05, 4.69) is 15.1 Å². The normalized spacial score (nSPS) is 10.4. The number of halogens is 2. The van der Waals surface area contributed by atoms with E-state index < -0.39 is 11.6 Å². The molecule has 6 nitrogen and oxygen atoms in total. The molecule has 2 heterocycles. The molecular weight excluding hydrogens is 290 g/mol. The Hall–Kier alpha value is -3.34. The molecule has 0 aliphatic heterocycles. The number of benzene rings is 1. The molecule has 0 saturated heterocycles. The van der Waals surface area contributed by atoms with Gasteiger partial charge in [0.25, 0.3) is 0 Å². The van der Waals surface area contributed by atoms with Gasteiger partial charge in [-0.25, -0.2) is 18.7 Å². The first-order chi connectivity index (χ1) is 10.6. The van der Waals surface area contributed by atoms with Crippen LogP contribution in [0.25, 0.3) is 17.1 Å². The maximum Gasteiger partial charge on any atom is 0.159 e. The molecule has 0 spiro atoms. The lowest BCUT2D eigenvalue weighted by molar-refractivity contribution is 0.585. The monoisotopic (exact) mass is 298 g/mol. The van der Waals surface area contributed by atoms with Gasteiger partial charge in [-0.1, -0.05) is 0 Å². The minimum absolute atomic E-state index is 0.0101. The van der Waals surface area contributed by atoms with Crippen LogP contribution < -0.4 is 5.73 Å². The van der Waals surface area contributed by atoms with Crippen molar-refractivity contribution in [1.29, 1.82) is 5.26 Å². The number of nitrogen functional groups attached to an aromatic ring is 1. The number of aromatic nitrogens is 4. The molecule has 0 radical (unpaired) electrons. The highest BCUT2D eigenvalue weighted by Crippen LogP contribution is 2.30. The van der Waals surface area contributed by atoms with Gasteiger partial charge in [0.2, 0.25) is 0 Å². The summed E-state index contributed by atoms with van der Waals surface area (Å²) < 4.78 is 28.2. The fourth-order valence-corrected chi connectivity index (χ4v) is 1.99. The van der Waals surface area contributed by atoms with Crippen molar-refractivity contribution >= 4 is 5.82 Å². The van der Waals surface area contributed by atoms with Gasteiger partial charge in [-0.2, -0.15) is 15.0 Å². The van der Waals surface area contributed by atoms with Gasteiger partial charge in [-0.05, 0) is 12.1 Å². The first-order valence-electron chi connectivity index (χ1n) is 6.12. The number of hydrogen-bond donors (Lipinski definition) is 1. The smallest absolute Gasteiger partial charge is 0.159 e. The standard InChI is InChI=1S/C14H8F2N6/c15-8-1-2-9(11(16)5-8)13-10(6-17)14(18)22(21-13)12-3-4-19-7-20-12/h1-5,7H,18H2. The summed E-state index contributed by atoms with van der Waals surface area (Å²) in [5, 5.41) is 13.4. The molecule has 22 heavy (non-hydrogen) atoms. The summed E-state index contributed by atoms with van der Waals surface area (Å²) in [6, 6.07) is 6.43. The second kappa shape index (κ2) is 5.21. The Labute approximate surface area is 123 Å². The van der Waals surface area contributed by atoms with Crippen LogP contribution in [0.3, 0.4) is 0 Å². The van der Waals surface area contributed by atoms with Crippen molar-refractivity contribution in [1.82, 2.24) is 19.7 Å². The van der Waals surface area contributed by atoms with Crippen molar-refractivity contribution in [3.8, 4) is 23.1 Å². The van der Waals surface area contributed by atoms with Crippen molar-refractivity contribution in [2.45, 2.75) is 0 Å². The van der Waals surface area contributed by atoms with Crippen LogP contribution in [0, 0.1) is 23.0 Å². The quantitative estimate of drug-likeness (QED) is 0.781. The molecule has 108 valence electrons. The molecule has 0 fully saturated rings. The average Bonchev–Trinajstić information content (AvgIpc) is 2.84. The Morgan fingerprint density at radius 1 is 1.23 bits per heavy atom. The largest absolute Gasteiger partial charge is 0.382 e. The zero-order valence-electron chi connectivity index (χ0n) is 11.0. The zero-order valence-corrected chi connectivity index (χ0v) is 11.0. The predicted octanol–water partition coefficient (Wildman–Crippen LogP) is 2.06. The number of nitriles is 1. The number of nitrogens with zero attached hydrogens (tertiary/aromatic N) is 5. The highest BCUT2D eigenvalue weighted by molar-refractivity contribution is 5.73. The molecule has 2 aromatic heterocycles. The SMILES string of the molecule is N#Cc1c(-c2ccc(F)cc2F)nn(-c2ccncn2)c1N. The van der Waals surface area contributed by atoms with Crippen LogP contribution in [-0.4, -0.2) is 19.7 Å². The van der Waals surface area contributed by atoms with Gasteiger partial charge in [-0.3, -0.25) is 0 Å². The van der Waals surface area contributed by atoms with Crippen molar-refractivity contribution in [3.05, 3.63) is 54.0 Å². The molecule has 0 aliphatic rings. The van der Waals surface area contributed by atoms with Gasteiger partial charge in [0.05, 0.1) is 0 Å². The highest BCUT2D eigenvalue weighted by Gasteiger charge is 2.21. The molecule has 1 aromatic carbocycles. The fraction of sp³-hybridized carbons (Fsp3) is 0. The third kappa shape index (κ3) is 2.14. The van der Waals surface area contributed by atoms with E-state index in [9.17, 15) is 14.0 Å². The van der Waals surface area contributed by atoms with Gasteiger partial charge in [0.15, 0.2) is 5.82 Å². The fourth-order valence-electron chi connectivity index (χ4n) is 1.99. The van der Waals surface area contributed by atoms with Crippen LogP contribution >= 0.6 is 0 Å². The van der Waals surface area contributed by atoms with E-state index in [1.165, 1.54) is 29.3 Å². The molecule has 0 bridgehead atoms. The first kappa shape index (κ1) is 13.6. The average molecular weight is 298 g/mol. The summed E-state index contributed by atoms with van der Waals surface area (Å²) in [4.78, 5) is 7.75. The Bertz CT molecular complexity index is 882. The molecular formula is C14H8F2N6. The lowest BCUT2D eigenvalue weighted by atomic mass is 10.1. The van der Waals surface area contributed by atoms with E-state index in [4.69, 9.17) is 5.73 Å². The maximum absolute atomic E-state index is 13.9. The Morgan fingerprint density at radius 2 is 2.05 bits per heavy atom. The minimum Gasteiger partial charge on any atom is -0.382 e. The van der Waals surface area contributed by atoms with Gasteiger partial charge in [-0.15, -0.1) is 0 Å². The molecule has 0 unspecified atom stereocenters. The van der Waals surface area contributed by atoms with Crippen LogP contribution in [0.2, 0.25) is 0 Å². The molecule has 3 rings (SSSR count). The van der Waals surface area contributed by atoms with E-state index in [1.54, 1.807) is 0 Å². The zero-order chi connectivity index (χ0) is 15.7. The van der Waals surface area contributed by atoms with E-state index in [0.29, 0.717) is 5.82 Å². The summed E-state index contributed by atoms with van der Waals surface area (Å²) in [6.45, 7) is 0. The molecule has 0 amide bonds. The van der Waals surface area contributed by atoms with Gasteiger partial charge in [0, 0.05) is 23.9 Å². The van der Waals surface area contributed by atoms with Crippen molar-refractivity contribution in [2.75, 3.05) is 5.73 Å². The summed E-state index contributed by atoms with van der Waals surface area (Å²) in [5.41, 5.74) is 5.88. The summed E-state index contributed by atoms with van der Waals surface area (Å²) in [7, 11) is 0. The molecule has 0 atom stereocenters. The summed E-state index contributed by atoms with van der Waals surface area (Å²) in [5.74, 6) is -1.20. The lowest BCUT2D eigenvalue weighted by Gasteiger charge is -2.01. The molecule has 2 N–H and O–H groups in total. The number of rotatable bonds is 2. The van der Waals surface area contributed by atoms with E-state index in [-0.39, 0.29) is 22.6 Å². The second-order valence-corrected chi connectivity index (χ2v) is 4.32. The Morgan fingerprint density at radius 3 is 2.68 bits per heavy atom. The topological polar surface area (TPSA) is 93.4 Å². The summed E-state index contributed by atoms with van der Waals surface area (Å²) >= 11 is 0. The number of hydrogen-bond acceptors (Lipinski definition) is 5. The summed E-state index contributed by atoms with van der Waals surface area (Å²) in [6.07, 6.45) is 2.77. The number of anilines is 1. The van der Waals surface area contributed by atoms with Gasteiger partial charge < -0.3 is 5.73 Å². The lowest BCUT2D eigenvalue weighted by Crippen LogP contribution is -2.04. The van der Waals surface area contributed by atoms with Crippen LogP contribution in [0.1, 0.15) is 5.56 Å². The molecule has 3 aromatic rings. The molecule has 8 heteroatoms. The molecule has 0 aliphatic carbocycles.